The van der Waals surface area contributed by atoms with Crippen molar-refractivity contribution in [2.45, 2.75) is 59.6 Å². The van der Waals surface area contributed by atoms with Crippen molar-refractivity contribution in [3.8, 4) is 0 Å². The Morgan fingerprint density at radius 3 is 1.92 bits per heavy atom. The van der Waals surface area contributed by atoms with E-state index in [1.807, 2.05) is 0 Å². The lowest BCUT2D eigenvalue weighted by atomic mass is 9.73. The highest BCUT2D eigenvalue weighted by Gasteiger charge is 2.50. The summed E-state index contributed by atoms with van der Waals surface area (Å²) in [4.78, 5) is -1.47. The van der Waals surface area contributed by atoms with E-state index in [4.69, 9.17) is 11.6 Å². The third-order valence-corrected chi connectivity index (χ3v) is 10.8. The molecule has 0 heterocycles. The van der Waals surface area contributed by atoms with Gasteiger partial charge in [-0.25, -0.2) is 25.9 Å². The number of hydrogen-bond acceptors (Lipinski definition) is 4. The summed E-state index contributed by atoms with van der Waals surface area (Å²) in [7, 11) is -8.86. The van der Waals surface area contributed by atoms with Crippen LogP contribution in [0.25, 0.3) is 0 Å². The first-order valence-electron chi connectivity index (χ1n) is 10.2. The van der Waals surface area contributed by atoms with Crippen LogP contribution in [-0.4, -0.2) is 27.6 Å². The molecule has 1 N–H and O–H groups in total. The lowest BCUT2D eigenvalue weighted by Crippen LogP contribution is -2.53. The quantitative estimate of drug-likeness (QED) is 0.436. The van der Waals surface area contributed by atoms with E-state index in [9.17, 15) is 47.6 Å². The minimum atomic E-state index is -4.98. The highest BCUT2D eigenvalue weighted by atomic mass is 35.5. The van der Waals surface area contributed by atoms with Crippen molar-refractivity contribution in [1.29, 1.82) is 0 Å². The first kappa shape index (κ1) is 28.7. The van der Waals surface area contributed by atoms with Crippen LogP contribution >= 0.6 is 11.6 Å². The smallest absolute Gasteiger partial charge is 0.223 e. The van der Waals surface area contributed by atoms with Gasteiger partial charge in [0.2, 0.25) is 10.0 Å². The fourth-order valence-electron chi connectivity index (χ4n) is 3.86. The van der Waals surface area contributed by atoms with Gasteiger partial charge in [-0.3, -0.25) is 0 Å². The van der Waals surface area contributed by atoms with Crippen LogP contribution in [0.1, 0.15) is 37.8 Å². The summed E-state index contributed by atoms with van der Waals surface area (Å²) in [6, 6.07) is 1.89. The molecule has 1 saturated carbocycles. The first-order valence-corrected chi connectivity index (χ1v) is 13.5. The maximum absolute atomic E-state index is 13.8. The zero-order valence-corrected chi connectivity index (χ0v) is 20.9. The van der Waals surface area contributed by atoms with Crippen molar-refractivity contribution in [2.24, 2.45) is 5.92 Å². The van der Waals surface area contributed by atoms with Gasteiger partial charge in [-0.2, -0.15) is 26.3 Å². The topological polar surface area (TPSA) is 80.3 Å². The van der Waals surface area contributed by atoms with Gasteiger partial charge in [0.1, 0.15) is 10.7 Å². The van der Waals surface area contributed by atoms with Crippen LogP contribution in [0.5, 0.6) is 0 Å². The van der Waals surface area contributed by atoms with Crippen molar-refractivity contribution in [1.82, 2.24) is 4.72 Å². The van der Waals surface area contributed by atoms with E-state index in [-0.39, 0.29) is 18.9 Å². The predicted molar refractivity (Wildman–Crippen MR) is 116 cm³/mol. The molecule has 200 valence electrons. The maximum Gasteiger partial charge on any atom is 0.416 e. The number of halogens is 8. The Labute approximate surface area is 207 Å². The van der Waals surface area contributed by atoms with Crippen LogP contribution in [0, 0.1) is 11.7 Å². The van der Waals surface area contributed by atoms with Crippen molar-refractivity contribution in [3.63, 3.8) is 0 Å². The van der Waals surface area contributed by atoms with Gasteiger partial charge in [0, 0.05) is 6.04 Å². The van der Waals surface area contributed by atoms with Crippen LogP contribution < -0.4 is 4.72 Å². The Bertz CT molecular complexity index is 1380. The average Bonchev–Trinajstić information content (AvgIpc) is 2.68. The molecule has 1 aliphatic rings. The van der Waals surface area contributed by atoms with Crippen LogP contribution in [0.2, 0.25) is 5.02 Å². The Morgan fingerprint density at radius 1 is 0.861 bits per heavy atom. The van der Waals surface area contributed by atoms with Crippen molar-refractivity contribution < 1.29 is 47.6 Å². The van der Waals surface area contributed by atoms with E-state index in [1.54, 1.807) is 0 Å². The summed E-state index contributed by atoms with van der Waals surface area (Å²) in [6.07, 6.45) is -9.81. The van der Waals surface area contributed by atoms with Crippen molar-refractivity contribution in [3.05, 3.63) is 58.4 Å². The zero-order chi connectivity index (χ0) is 27.5. The van der Waals surface area contributed by atoms with Crippen LogP contribution in [-0.2, 0) is 32.2 Å². The largest absolute Gasteiger partial charge is 0.416 e. The van der Waals surface area contributed by atoms with Crippen LogP contribution in [0.15, 0.2) is 46.2 Å². The molecule has 0 aliphatic heterocycles. The average molecular weight is 582 g/mol. The van der Waals surface area contributed by atoms with E-state index in [2.05, 4.69) is 4.72 Å². The Hall–Kier alpha value is -1.90. The summed E-state index contributed by atoms with van der Waals surface area (Å²) in [5, 5.41) is -0.664. The number of alkyl halides is 6. The number of nitrogens with one attached hydrogen (secondary N) is 1. The molecule has 0 bridgehead atoms. The van der Waals surface area contributed by atoms with Crippen LogP contribution in [0.4, 0.5) is 30.7 Å². The summed E-state index contributed by atoms with van der Waals surface area (Å²) in [6.45, 7) is 2.48. The molecule has 0 amide bonds. The van der Waals surface area contributed by atoms with Gasteiger partial charge in [0.05, 0.1) is 25.8 Å². The molecule has 3 rings (SSSR count). The summed E-state index contributed by atoms with van der Waals surface area (Å²) >= 11 is 5.74. The minimum absolute atomic E-state index is 0.0504. The SMILES string of the molecule is CC(C)(C1CC(NS(=O)(=O)c2ccc(C(F)(F)F)cc2Cl)C1)S(=O)(=O)c1cc(F)cc(C(F)(F)F)c1. The molecule has 2 aromatic carbocycles. The summed E-state index contributed by atoms with van der Waals surface area (Å²) in [5.41, 5.74) is -2.61. The van der Waals surface area contributed by atoms with Crippen LogP contribution in [0.3, 0.4) is 0 Å². The fraction of sp³-hybridized carbons (Fsp3) is 0.429. The number of sulfonamides is 1. The molecule has 0 spiro atoms. The molecule has 0 saturated heterocycles. The Morgan fingerprint density at radius 2 is 1.42 bits per heavy atom. The summed E-state index contributed by atoms with van der Waals surface area (Å²) in [5.74, 6) is -2.11. The van der Waals surface area contributed by atoms with Gasteiger partial charge >= 0.3 is 12.4 Å². The van der Waals surface area contributed by atoms with E-state index in [0.717, 1.165) is 0 Å². The molecular formula is C21H19ClF7NO4S2. The van der Waals surface area contributed by atoms with Gasteiger partial charge in [-0.1, -0.05) is 11.6 Å². The van der Waals surface area contributed by atoms with Gasteiger partial charge in [-0.05, 0) is 69.0 Å². The van der Waals surface area contributed by atoms with E-state index in [1.165, 1.54) is 13.8 Å². The highest BCUT2D eigenvalue weighted by molar-refractivity contribution is 7.92. The molecule has 15 heteroatoms. The second-order valence-corrected chi connectivity index (χ2v) is 13.5. The van der Waals surface area contributed by atoms with E-state index in [0.29, 0.717) is 30.3 Å². The third kappa shape index (κ3) is 5.50. The number of benzene rings is 2. The molecular weight excluding hydrogens is 563 g/mol. The Balaban J connectivity index is 1.77. The zero-order valence-electron chi connectivity index (χ0n) is 18.5. The van der Waals surface area contributed by atoms with E-state index >= 15 is 0 Å². The van der Waals surface area contributed by atoms with E-state index < -0.39 is 80.7 Å². The molecule has 0 atom stereocenters. The maximum atomic E-state index is 13.8. The number of hydrogen-bond donors (Lipinski definition) is 1. The van der Waals surface area contributed by atoms with Crippen molar-refractivity contribution >= 4 is 31.5 Å². The predicted octanol–water partition coefficient (Wildman–Crippen LogP) is 5.83. The van der Waals surface area contributed by atoms with Gasteiger partial charge in [0.15, 0.2) is 9.84 Å². The molecule has 1 aliphatic carbocycles. The molecule has 0 aromatic heterocycles. The second-order valence-electron chi connectivity index (χ2n) is 8.91. The molecule has 1 fully saturated rings. The molecule has 0 radical (unpaired) electrons. The molecule has 0 unspecified atom stereocenters. The number of sulfone groups is 1. The third-order valence-electron chi connectivity index (χ3n) is 6.19. The molecule has 36 heavy (non-hydrogen) atoms. The number of rotatable bonds is 6. The lowest BCUT2D eigenvalue weighted by molar-refractivity contribution is -0.138. The van der Waals surface area contributed by atoms with Crippen molar-refractivity contribution in [2.75, 3.05) is 0 Å². The fourth-order valence-corrected chi connectivity index (χ4v) is 7.46. The molecule has 5 nitrogen and oxygen atoms in total. The monoisotopic (exact) mass is 581 g/mol. The first-order chi connectivity index (χ1) is 16.2. The van der Waals surface area contributed by atoms with Gasteiger partial charge < -0.3 is 0 Å². The second kappa shape index (κ2) is 9.14. The Kier molecular flexibility index (Phi) is 7.28. The highest BCUT2D eigenvalue weighted by Crippen LogP contribution is 2.45. The van der Waals surface area contributed by atoms with Gasteiger partial charge in [0.25, 0.3) is 0 Å². The summed E-state index contributed by atoms with van der Waals surface area (Å²) < 4.78 is 143. The standard InChI is InChI=1S/C21H19ClF7NO4S2/c1-19(2,35(31,32)16-8-13(21(27,28)29)5-14(23)10-16)12-6-15(7-12)30-36(33,34)18-4-3-11(9-17(18)22)20(24,25)26/h3-5,8-10,12,15,30H,6-7H2,1-2H3. The minimum Gasteiger partial charge on any atom is -0.223 e. The lowest BCUT2D eigenvalue weighted by Gasteiger charge is -2.44. The normalized spacial score (nSPS) is 19.7. The molecule has 2 aromatic rings. The van der Waals surface area contributed by atoms with Gasteiger partial charge in [-0.15, -0.1) is 0 Å².